The van der Waals surface area contributed by atoms with Crippen molar-refractivity contribution in [2.45, 2.75) is 42.9 Å². The predicted molar refractivity (Wildman–Crippen MR) is 156 cm³/mol. The van der Waals surface area contributed by atoms with Gasteiger partial charge in [-0.25, -0.2) is 4.79 Å². The van der Waals surface area contributed by atoms with E-state index in [-0.39, 0.29) is 45.8 Å². The van der Waals surface area contributed by atoms with E-state index in [1.165, 1.54) is 75.9 Å². The van der Waals surface area contributed by atoms with Crippen molar-refractivity contribution in [1.82, 2.24) is 0 Å². The molecule has 3 aromatic rings. The molecule has 3 aromatic carbocycles. The van der Waals surface area contributed by atoms with Gasteiger partial charge in [0.05, 0.1) is 33.5 Å². The van der Waals surface area contributed by atoms with Gasteiger partial charge in [-0.1, -0.05) is 6.07 Å². The number of aliphatic hydroxyl groups excluding tert-OH is 5. The average Bonchev–Trinajstić information content (AvgIpc) is 3.07. The molecule has 250 valence electrons. The van der Waals surface area contributed by atoms with Crippen molar-refractivity contribution in [2.24, 2.45) is 0 Å². The van der Waals surface area contributed by atoms with Crippen LogP contribution in [0.15, 0.2) is 54.6 Å². The first-order valence-corrected chi connectivity index (χ1v) is 13.9. The number of carbonyl (C=O) groups excluding carboxylic acids is 1. The number of aliphatic hydroxyl groups is 5. The fourth-order valence-electron chi connectivity index (χ4n) is 4.61. The minimum absolute atomic E-state index is 0.00318. The zero-order valence-corrected chi connectivity index (χ0v) is 25.0. The molecule has 1 aliphatic rings. The topological polar surface area (TPSA) is 223 Å². The van der Waals surface area contributed by atoms with Crippen molar-refractivity contribution in [2.75, 3.05) is 34.5 Å². The molecule has 0 aliphatic carbocycles. The molecular formula is C31H36O15. The Morgan fingerprint density at radius 3 is 2.11 bits per heavy atom. The van der Waals surface area contributed by atoms with Crippen LogP contribution in [0.3, 0.4) is 0 Å². The van der Waals surface area contributed by atoms with Crippen LogP contribution in [-0.4, -0.2) is 113 Å². The second-order valence-electron chi connectivity index (χ2n) is 10.1. The highest BCUT2D eigenvalue weighted by atomic mass is 16.7. The molecule has 1 fully saturated rings. The summed E-state index contributed by atoms with van der Waals surface area (Å²) in [5, 5.41) is 71.6. The van der Waals surface area contributed by atoms with E-state index in [1.54, 1.807) is 0 Å². The van der Waals surface area contributed by atoms with Crippen LogP contribution in [0.2, 0.25) is 0 Å². The summed E-state index contributed by atoms with van der Waals surface area (Å²) in [6.07, 6.45) is -10.3. The lowest BCUT2D eigenvalue weighted by atomic mass is 9.99. The number of esters is 1. The Morgan fingerprint density at radius 1 is 0.804 bits per heavy atom. The molecule has 0 bridgehead atoms. The first kappa shape index (κ1) is 34.4. The summed E-state index contributed by atoms with van der Waals surface area (Å²) in [7, 11) is 4.00. The first-order chi connectivity index (χ1) is 22.0. The Morgan fingerprint density at radius 2 is 1.46 bits per heavy atom. The molecule has 15 heteroatoms. The molecule has 4 rings (SSSR count). The molecule has 0 saturated carbocycles. The van der Waals surface area contributed by atoms with Gasteiger partial charge < -0.3 is 68.9 Å². The van der Waals surface area contributed by atoms with E-state index in [2.05, 4.69) is 0 Å². The van der Waals surface area contributed by atoms with E-state index >= 15 is 0 Å². The lowest BCUT2D eigenvalue weighted by Crippen LogP contribution is -2.60. The van der Waals surface area contributed by atoms with Gasteiger partial charge in [-0.2, -0.15) is 0 Å². The van der Waals surface area contributed by atoms with Crippen molar-refractivity contribution in [3.05, 3.63) is 65.7 Å². The number of hydrogen-bond acceptors (Lipinski definition) is 15. The summed E-state index contributed by atoms with van der Waals surface area (Å²) in [4.78, 5) is 12.9. The van der Waals surface area contributed by atoms with Crippen LogP contribution in [0.5, 0.6) is 40.2 Å². The number of phenolic OH excluding ortho intramolecular Hbond substituents is 2. The highest BCUT2D eigenvalue weighted by molar-refractivity contribution is 5.90. The van der Waals surface area contributed by atoms with Gasteiger partial charge in [0, 0.05) is 6.07 Å². The second-order valence-corrected chi connectivity index (χ2v) is 10.1. The van der Waals surface area contributed by atoms with Crippen LogP contribution >= 0.6 is 0 Å². The summed E-state index contributed by atoms with van der Waals surface area (Å²) < 4.78 is 37.7. The SMILES string of the molecule is COc1cc(O[C@@H]2O[C@H](COC(=O)c3ccc(O[C@H](CO)[C@@H](O)c4ccc(O)c(OC)c4)c(OC)c3)[C@@H](O)[C@H](O)[C@H]2O)ccc1O. The number of carbonyl (C=O) groups is 1. The molecule has 0 spiro atoms. The lowest BCUT2D eigenvalue weighted by molar-refractivity contribution is -0.277. The predicted octanol–water partition coefficient (Wildman–Crippen LogP) is 0.640. The average molecular weight is 649 g/mol. The minimum Gasteiger partial charge on any atom is -0.504 e. The quantitative estimate of drug-likeness (QED) is 0.126. The van der Waals surface area contributed by atoms with Crippen molar-refractivity contribution in [3.8, 4) is 40.2 Å². The van der Waals surface area contributed by atoms with Gasteiger partial charge in [-0.15, -0.1) is 0 Å². The third kappa shape index (κ3) is 7.64. The number of ether oxygens (including phenoxy) is 7. The van der Waals surface area contributed by atoms with Crippen molar-refractivity contribution >= 4 is 5.97 Å². The molecular weight excluding hydrogens is 612 g/mol. The molecule has 46 heavy (non-hydrogen) atoms. The van der Waals surface area contributed by atoms with Crippen LogP contribution in [0.25, 0.3) is 0 Å². The number of aromatic hydroxyl groups is 2. The molecule has 1 aliphatic heterocycles. The Balaban J connectivity index is 1.42. The van der Waals surface area contributed by atoms with E-state index in [0.29, 0.717) is 5.56 Å². The second kappa shape index (κ2) is 15.2. The Kier molecular flexibility index (Phi) is 11.3. The van der Waals surface area contributed by atoms with Gasteiger partial charge in [-0.3, -0.25) is 0 Å². The molecule has 1 saturated heterocycles. The molecule has 0 amide bonds. The summed E-state index contributed by atoms with van der Waals surface area (Å²) in [5.41, 5.74) is 0.302. The number of rotatable bonds is 13. The van der Waals surface area contributed by atoms with E-state index < -0.39 is 62.1 Å². The standard InChI is InChI=1S/C31H36O15/c1-40-21-10-15(4-7-18(21)33)26(35)24(13-32)45-20-9-5-16(11-23(20)42-3)30(39)43-14-25-27(36)28(37)29(38)31(46-25)44-17-6-8-19(34)22(12-17)41-2/h4-12,24-29,31-38H,13-14H2,1-3H3/t24-,25-,26+,27-,28+,29-,31-/m1/s1. The normalized spacial score (nSPS) is 22.3. The summed E-state index contributed by atoms with van der Waals surface area (Å²) >= 11 is 0. The molecule has 15 nitrogen and oxygen atoms in total. The maximum absolute atomic E-state index is 12.9. The van der Waals surface area contributed by atoms with Crippen LogP contribution in [0.4, 0.5) is 0 Å². The van der Waals surface area contributed by atoms with Crippen molar-refractivity contribution in [1.29, 1.82) is 0 Å². The van der Waals surface area contributed by atoms with Crippen molar-refractivity contribution in [3.63, 3.8) is 0 Å². The minimum atomic E-state index is -1.71. The van der Waals surface area contributed by atoms with Gasteiger partial charge in [0.2, 0.25) is 6.29 Å². The third-order valence-electron chi connectivity index (χ3n) is 7.21. The summed E-state index contributed by atoms with van der Waals surface area (Å²) in [6, 6.07) is 12.1. The van der Waals surface area contributed by atoms with Crippen LogP contribution in [-0.2, 0) is 9.47 Å². The molecule has 7 N–H and O–H groups in total. The highest BCUT2D eigenvalue weighted by Gasteiger charge is 2.45. The zero-order valence-electron chi connectivity index (χ0n) is 25.0. The molecule has 0 aromatic heterocycles. The fraction of sp³-hybridized carbons (Fsp3) is 0.387. The van der Waals surface area contributed by atoms with E-state index in [4.69, 9.17) is 33.2 Å². The van der Waals surface area contributed by atoms with Gasteiger partial charge in [0.15, 0.2) is 40.6 Å². The van der Waals surface area contributed by atoms with E-state index in [9.17, 15) is 40.5 Å². The summed E-state index contributed by atoms with van der Waals surface area (Å²) in [5.74, 6) is -0.690. The Bertz CT molecular complexity index is 1480. The molecule has 0 unspecified atom stereocenters. The number of phenols is 2. The summed E-state index contributed by atoms with van der Waals surface area (Å²) in [6.45, 7) is -1.15. The maximum atomic E-state index is 12.9. The van der Waals surface area contributed by atoms with Gasteiger partial charge in [0.1, 0.15) is 42.9 Å². The number of methoxy groups -OCH3 is 3. The van der Waals surface area contributed by atoms with Gasteiger partial charge in [-0.05, 0) is 48.0 Å². The van der Waals surface area contributed by atoms with Crippen molar-refractivity contribution < 1.29 is 73.7 Å². The fourth-order valence-corrected chi connectivity index (χ4v) is 4.61. The zero-order chi connectivity index (χ0) is 33.5. The van der Waals surface area contributed by atoms with E-state index in [1.807, 2.05) is 0 Å². The maximum Gasteiger partial charge on any atom is 0.338 e. The Hall–Kier alpha value is -4.51. The van der Waals surface area contributed by atoms with Gasteiger partial charge in [0.25, 0.3) is 0 Å². The third-order valence-corrected chi connectivity index (χ3v) is 7.21. The lowest BCUT2D eigenvalue weighted by Gasteiger charge is -2.39. The van der Waals surface area contributed by atoms with Crippen LogP contribution in [0.1, 0.15) is 22.0 Å². The first-order valence-electron chi connectivity index (χ1n) is 13.9. The largest absolute Gasteiger partial charge is 0.504 e. The smallest absolute Gasteiger partial charge is 0.338 e. The molecule has 7 atom stereocenters. The van der Waals surface area contributed by atoms with E-state index in [0.717, 1.165) is 0 Å². The van der Waals surface area contributed by atoms with Gasteiger partial charge >= 0.3 is 5.97 Å². The monoisotopic (exact) mass is 648 g/mol. The molecule has 0 radical (unpaired) electrons. The highest BCUT2D eigenvalue weighted by Crippen LogP contribution is 2.35. The van der Waals surface area contributed by atoms with Crippen LogP contribution < -0.4 is 23.7 Å². The van der Waals surface area contributed by atoms with Crippen LogP contribution in [0, 0.1) is 0 Å². The molecule has 1 heterocycles. The number of benzene rings is 3. The Labute approximate surface area is 263 Å². The number of hydrogen-bond donors (Lipinski definition) is 7.